The standard InChI is InChI=1S/C15H12BrFN2O2/c1-9(20)18-10-6-7-13(17)14(8-10)19-15(21)11-4-2-3-5-12(11)16/h2-8H,1H3,(H,18,20)(H,19,21). The number of anilines is 2. The predicted octanol–water partition coefficient (Wildman–Crippen LogP) is 3.80. The van der Waals surface area contributed by atoms with Gasteiger partial charge in [0.2, 0.25) is 5.91 Å². The first-order valence-electron chi connectivity index (χ1n) is 6.10. The molecule has 0 unspecified atom stereocenters. The van der Waals surface area contributed by atoms with Crippen LogP contribution >= 0.6 is 15.9 Å². The molecule has 2 aromatic carbocycles. The highest BCUT2D eigenvalue weighted by Crippen LogP contribution is 2.22. The Labute approximate surface area is 129 Å². The third kappa shape index (κ3) is 3.88. The number of hydrogen-bond acceptors (Lipinski definition) is 2. The molecule has 108 valence electrons. The van der Waals surface area contributed by atoms with Gasteiger partial charge in [-0.1, -0.05) is 12.1 Å². The van der Waals surface area contributed by atoms with Crippen LogP contribution in [0, 0.1) is 5.82 Å². The number of hydrogen-bond donors (Lipinski definition) is 2. The number of rotatable bonds is 3. The van der Waals surface area contributed by atoms with Crippen LogP contribution < -0.4 is 10.6 Å². The molecule has 4 nitrogen and oxygen atoms in total. The zero-order valence-electron chi connectivity index (χ0n) is 11.1. The van der Waals surface area contributed by atoms with Gasteiger partial charge in [0.25, 0.3) is 5.91 Å². The summed E-state index contributed by atoms with van der Waals surface area (Å²) in [4.78, 5) is 23.1. The topological polar surface area (TPSA) is 58.2 Å². The van der Waals surface area contributed by atoms with Crippen LogP contribution in [0.1, 0.15) is 17.3 Å². The normalized spacial score (nSPS) is 10.0. The van der Waals surface area contributed by atoms with Gasteiger partial charge in [-0.05, 0) is 46.3 Å². The summed E-state index contributed by atoms with van der Waals surface area (Å²) in [5.74, 6) is -1.30. The predicted molar refractivity (Wildman–Crippen MR) is 82.8 cm³/mol. The molecular formula is C15H12BrFN2O2. The second-order valence-electron chi connectivity index (χ2n) is 4.31. The van der Waals surface area contributed by atoms with Crippen LogP contribution in [0.25, 0.3) is 0 Å². The lowest BCUT2D eigenvalue weighted by atomic mass is 10.2. The van der Waals surface area contributed by atoms with Crippen LogP contribution in [0.5, 0.6) is 0 Å². The minimum atomic E-state index is -0.579. The van der Waals surface area contributed by atoms with E-state index in [0.717, 1.165) is 0 Å². The molecule has 0 radical (unpaired) electrons. The molecule has 2 N–H and O–H groups in total. The van der Waals surface area contributed by atoms with E-state index in [4.69, 9.17) is 0 Å². The van der Waals surface area contributed by atoms with Crippen molar-refractivity contribution in [3.63, 3.8) is 0 Å². The smallest absolute Gasteiger partial charge is 0.256 e. The highest BCUT2D eigenvalue weighted by Gasteiger charge is 2.12. The van der Waals surface area contributed by atoms with Crippen molar-refractivity contribution >= 4 is 39.1 Å². The zero-order valence-corrected chi connectivity index (χ0v) is 12.7. The van der Waals surface area contributed by atoms with Crippen LogP contribution in [0.15, 0.2) is 46.9 Å². The summed E-state index contributed by atoms with van der Waals surface area (Å²) in [6.07, 6.45) is 0. The SMILES string of the molecule is CC(=O)Nc1ccc(F)c(NC(=O)c2ccccc2Br)c1. The molecule has 2 rings (SSSR count). The third-order valence-electron chi connectivity index (χ3n) is 2.65. The summed E-state index contributed by atoms with van der Waals surface area (Å²) < 4.78 is 14.4. The van der Waals surface area contributed by atoms with Gasteiger partial charge < -0.3 is 10.6 Å². The van der Waals surface area contributed by atoms with Gasteiger partial charge in [-0.3, -0.25) is 9.59 Å². The Morgan fingerprint density at radius 1 is 1.10 bits per heavy atom. The summed E-state index contributed by atoms with van der Waals surface area (Å²) in [6, 6.07) is 10.8. The van der Waals surface area contributed by atoms with Crippen LogP contribution in [0.2, 0.25) is 0 Å². The Balaban J connectivity index is 2.24. The lowest BCUT2D eigenvalue weighted by molar-refractivity contribution is -0.114. The lowest BCUT2D eigenvalue weighted by Gasteiger charge is -2.10. The summed E-state index contributed by atoms with van der Waals surface area (Å²) in [7, 11) is 0. The third-order valence-corrected chi connectivity index (χ3v) is 3.34. The quantitative estimate of drug-likeness (QED) is 0.884. The van der Waals surface area contributed by atoms with E-state index in [1.165, 1.54) is 25.1 Å². The first-order valence-corrected chi connectivity index (χ1v) is 6.89. The van der Waals surface area contributed by atoms with E-state index in [1.54, 1.807) is 24.3 Å². The molecule has 2 amide bonds. The van der Waals surface area contributed by atoms with Gasteiger partial charge in [0.1, 0.15) is 5.82 Å². The van der Waals surface area contributed by atoms with E-state index in [0.29, 0.717) is 15.7 Å². The average Bonchev–Trinajstić information content (AvgIpc) is 2.42. The average molecular weight is 351 g/mol. The number of halogens is 2. The summed E-state index contributed by atoms with van der Waals surface area (Å²) in [5.41, 5.74) is 0.801. The van der Waals surface area contributed by atoms with Crippen LogP contribution in [-0.4, -0.2) is 11.8 Å². The molecule has 0 aliphatic carbocycles. The van der Waals surface area contributed by atoms with Crippen molar-refractivity contribution in [1.29, 1.82) is 0 Å². The van der Waals surface area contributed by atoms with Gasteiger partial charge in [-0.15, -0.1) is 0 Å². The fourth-order valence-electron chi connectivity index (χ4n) is 1.74. The van der Waals surface area contributed by atoms with E-state index < -0.39 is 11.7 Å². The Bertz CT molecular complexity index is 704. The van der Waals surface area contributed by atoms with Crippen molar-refractivity contribution in [3.05, 3.63) is 58.3 Å². The molecule has 6 heteroatoms. The maximum Gasteiger partial charge on any atom is 0.256 e. The molecule has 0 bridgehead atoms. The molecule has 0 heterocycles. The highest BCUT2D eigenvalue weighted by atomic mass is 79.9. The van der Waals surface area contributed by atoms with Gasteiger partial charge in [-0.25, -0.2) is 4.39 Å². The Hall–Kier alpha value is -2.21. The Morgan fingerprint density at radius 3 is 2.48 bits per heavy atom. The van der Waals surface area contributed by atoms with Crippen molar-refractivity contribution in [2.75, 3.05) is 10.6 Å². The number of amides is 2. The van der Waals surface area contributed by atoms with Crippen LogP contribution in [0.3, 0.4) is 0 Å². The van der Waals surface area contributed by atoms with Gasteiger partial charge in [-0.2, -0.15) is 0 Å². The molecule has 0 saturated carbocycles. The number of benzene rings is 2. The van der Waals surface area contributed by atoms with Crippen molar-refractivity contribution in [2.24, 2.45) is 0 Å². The van der Waals surface area contributed by atoms with Gasteiger partial charge in [0.15, 0.2) is 0 Å². The molecular weight excluding hydrogens is 339 g/mol. The molecule has 0 aliphatic rings. The monoisotopic (exact) mass is 350 g/mol. The van der Waals surface area contributed by atoms with Gasteiger partial charge >= 0.3 is 0 Å². The lowest BCUT2D eigenvalue weighted by Crippen LogP contribution is -2.14. The van der Waals surface area contributed by atoms with E-state index in [9.17, 15) is 14.0 Å². The van der Waals surface area contributed by atoms with Crippen molar-refractivity contribution in [1.82, 2.24) is 0 Å². The highest BCUT2D eigenvalue weighted by molar-refractivity contribution is 9.10. The van der Waals surface area contributed by atoms with Gasteiger partial charge in [0.05, 0.1) is 11.3 Å². The van der Waals surface area contributed by atoms with E-state index >= 15 is 0 Å². The van der Waals surface area contributed by atoms with Crippen molar-refractivity contribution in [2.45, 2.75) is 6.92 Å². The van der Waals surface area contributed by atoms with E-state index in [1.807, 2.05) is 0 Å². The molecule has 0 aliphatic heterocycles. The maximum absolute atomic E-state index is 13.7. The fourth-order valence-corrected chi connectivity index (χ4v) is 2.20. The molecule has 0 atom stereocenters. The van der Waals surface area contributed by atoms with Gasteiger partial charge in [0, 0.05) is 17.1 Å². The fraction of sp³-hybridized carbons (Fsp3) is 0.0667. The minimum absolute atomic E-state index is 0.00185. The zero-order chi connectivity index (χ0) is 15.4. The Kier molecular flexibility index (Phi) is 4.70. The van der Waals surface area contributed by atoms with Crippen molar-refractivity contribution < 1.29 is 14.0 Å². The molecule has 21 heavy (non-hydrogen) atoms. The first kappa shape index (κ1) is 15.2. The van der Waals surface area contributed by atoms with Crippen LogP contribution in [0.4, 0.5) is 15.8 Å². The molecule has 0 saturated heterocycles. The minimum Gasteiger partial charge on any atom is -0.326 e. The van der Waals surface area contributed by atoms with E-state index in [2.05, 4.69) is 26.6 Å². The molecule has 0 spiro atoms. The largest absolute Gasteiger partial charge is 0.326 e. The maximum atomic E-state index is 13.7. The summed E-state index contributed by atoms with van der Waals surface area (Å²) >= 11 is 3.26. The number of carbonyl (C=O) groups is 2. The summed E-state index contributed by atoms with van der Waals surface area (Å²) in [6.45, 7) is 1.35. The second-order valence-corrected chi connectivity index (χ2v) is 5.16. The summed E-state index contributed by atoms with van der Waals surface area (Å²) in [5, 5.41) is 5.02. The number of nitrogens with one attached hydrogen (secondary N) is 2. The van der Waals surface area contributed by atoms with Crippen molar-refractivity contribution in [3.8, 4) is 0 Å². The second kappa shape index (κ2) is 6.49. The Morgan fingerprint density at radius 2 is 1.81 bits per heavy atom. The molecule has 0 fully saturated rings. The molecule has 2 aromatic rings. The first-order chi connectivity index (χ1) is 9.97. The van der Waals surface area contributed by atoms with E-state index in [-0.39, 0.29) is 11.6 Å². The van der Waals surface area contributed by atoms with Crippen LogP contribution in [-0.2, 0) is 4.79 Å². The number of carbonyl (C=O) groups excluding carboxylic acids is 2. The molecule has 0 aromatic heterocycles.